The van der Waals surface area contributed by atoms with Crippen LogP contribution < -0.4 is 0 Å². The maximum absolute atomic E-state index is 11.5. The molecule has 1 unspecified atom stereocenters. The zero-order chi connectivity index (χ0) is 18.7. The van der Waals surface area contributed by atoms with Crippen LogP contribution in [0.1, 0.15) is 11.8 Å². The number of ether oxygens (including phenoxy) is 1. The van der Waals surface area contributed by atoms with Crippen LogP contribution in [0.5, 0.6) is 0 Å². The van der Waals surface area contributed by atoms with Gasteiger partial charge < -0.3 is 9.16 Å². The van der Waals surface area contributed by atoms with Crippen LogP contribution in [0.25, 0.3) is 0 Å². The van der Waals surface area contributed by atoms with Crippen molar-refractivity contribution in [3.05, 3.63) is 42.9 Å². The van der Waals surface area contributed by atoms with Gasteiger partial charge in [-0.15, -0.1) is 0 Å². The van der Waals surface area contributed by atoms with E-state index in [2.05, 4.69) is 0 Å². The van der Waals surface area contributed by atoms with Crippen LogP contribution in [0, 0.1) is 20.2 Å². The minimum Gasteiger partial charge on any atom is -0.398 e. The maximum Gasteiger partial charge on any atom is 0.301 e. The Kier molecular flexibility index (Phi) is 6.81. The first kappa shape index (κ1) is 20.5. The molecule has 0 bridgehead atoms. The molecule has 0 aliphatic heterocycles. The van der Waals surface area contributed by atoms with Gasteiger partial charge in [-0.2, -0.15) is 0 Å². The molecule has 134 valence electrons. The summed E-state index contributed by atoms with van der Waals surface area (Å²) in [4.78, 5) is 23.0. The number of hydrogen-bond donors (Lipinski definition) is 0. The van der Waals surface area contributed by atoms with Crippen molar-refractivity contribution >= 4 is 31.3 Å². The SMILES string of the molecule is COCN(C)C(O[Si](C)(C)C)c1c([N+](=O)[O-])ccc(Cl)c1[N+](=O)[O-]. The molecule has 0 spiro atoms. The maximum atomic E-state index is 11.5. The van der Waals surface area contributed by atoms with E-state index in [-0.39, 0.29) is 17.3 Å². The Bertz CT molecular complexity index is 637. The lowest BCUT2D eigenvalue weighted by molar-refractivity contribution is -0.397. The second-order valence-corrected chi connectivity index (χ2v) is 11.0. The number of methoxy groups -OCH3 is 1. The molecule has 0 N–H and O–H groups in total. The van der Waals surface area contributed by atoms with Gasteiger partial charge in [0.25, 0.3) is 5.69 Å². The van der Waals surface area contributed by atoms with E-state index in [0.29, 0.717) is 0 Å². The lowest BCUT2D eigenvalue weighted by Gasteiger charge is -2.32. The third-order valence-corrected chi connectivity index (χ3v) is 4.20. The second-order valence-electron chi connectivity index (χ2n) is 6.10. The quantitative estimate of drug-likeness (QED) is 0.295. The first-order valence-electron chi connectivity index (χ1n) is 6.97. The predicted octanol–water partition coefficient (Wildman–Crippen LogP) is 3.54. The third kappa shape index (κ3) is 4.95. The van der Waals surface area contributed by atoms with Crippen LogP contribution in [0.3, 0.4) is 0 Å². The molecule has 1 aromatic rings. The van der Waals surface area contributed by atoms with Crippen LogP contribution in [0.15, 0.2) is 12.1 Å². The second kappa shape index (κ2) is 7.99. The highest BCUT2D eigenvalue weighted by Crippen LogP contribution is 2.42. The molecule has 0 heterocycles. The summed E-state index contributed by atoms with van der Waals surface area (Å²) in [5.41, 5.74) is -1.13. The van der Waals surface area contributed by atoms with E-state index in [1.165, 1.54) is 12.0 Å². The number of nitro benzene ring substituents is 2. The fourth-order valence-corrected chi connectivity index (χ4v) is 3.34. The highest BCUT2D eigenvalue weighted by atomic mass is 35.5. The van der Waals surface area contributed by atoms with Gasteiger partial charge in [0.15, 0.2) is 13.9 Å². The Morgan fingerprint density at radius 1 is 1.25 bits per heavy atom. The van der Waals surface area contributed by atoms with Gasteiger partial charge in [-0.05, 0) is 32.8 Å². The fourth-order valence-electron chi connectivity index (χ4n) is 2.13. The monoisotopic (exact) mass is 377 g/mol. The molecule has 0 aromatic heterocycles. The molecular formula is C13H20ClN3O6Si. The largest absolute Gasteiger partial charge is 0.398 e. The normalized spacial score (nSPS) is 13.1. The molecule has 1 rings (SSSR count). The van der Waals surface area contributed by atoms with E-state index >= 15 is 0 Å². The molecule has 0 radical (unpaired) electrons. The Morgan fingerprint density at radius 2 is 1.83 bits per heavy atom. The Balaban J connectivity index is 3.68. The average Bonchev–Trinajstić information content (AvgIpc) is 2.42. The number of nitrogens with zero attached hydrogens (tertiary/aromatic N) is 3. The van der Waals surface area contributed by atoms with Crippen LogP contribution in [0.4, 0.5) is 11.4 Å². The molecular weight excluding hydrogens is 358 g/mol. The zero-order valence-corrected chi connectivity index (χ0v) is 15.9. The van der Waals surface area contributed by atoms with Gasteiger partial charge in [0, 0.05) is 13.2 Å². The van der Waals surface area contributed by atoms with Crippen LogP contribution in [-0.4, -0.2) is 44.0 Å². The molecule has 0 amide bonds. The van der Waals surface area contributed by atoms with Crippen molar-refractivity contribution in [3.63, 3.8) is 0 Å². The summed E-state index contributed by atoms with van der Waals surface area (Å²) in [5, 5.41) is 22.7. The first-order valence-corrected chi connectivity index (χ1v) is 10.8. The van der Waals surface area contributed by atoms with Crippen molar-refractivity contribution in [2.75, 3.05) is 20.9 Å². The average molecular weight is 378 g/mol. The Labute approximate surface area is 145 Å². The molecule has 0 aliphatic carbocycles. The van der Waals surface area contributed by atoms with E-state index < -0.39 is 35.8 Å². The third-order valence-electron chi connectivity index (χ3n) is 2.97. The zero-order valence-electron chi connectivity index (χ0n) is 14.1. The highest BCUT2D eigenvalue weighted by Gasteiger charge is 2.38. The van der Waals surface area contributed by atoms with E-state index in [9.17, 15) is 20.2 Å². The first-order chi connectivity index (χ1) is 11.0. The Morgan fingerprint density at radius 3 is 2.25 bits per heavy atom. The van der Waals surface area contributed by atoms with E-state index in [1.54, 1.807) is 7.05 Å². The van der Waals surface area contributed by atoms with Gasteiger partial charge in [0.05, 0.1) is 9.85 Å². The van der Waals surface area contributed by atoms with Crippen molar-refractivity contribution in [2.45, 2.75) is 25.9 Å². The van der Waals surface area contributed by atoms with Crippen molar-refractivity contribution in [1.82, 2.24) is 4.90 Å². The number of halogens is 1. The van der Waals surface area contributed by atoms with Crippen molar-refractivity contribution in [2.24, 2.45) is 0 Å². The van der Waals surface area contributed by atoms with Gasteiger partial charge in [-0.25, -0.2) is 0 Å². The summed E-state index contributed by atoms with van der Waals surface area (Å²) in [6, 6.07) is 2.29. The molecule has 11 heteroatoms. The highest BCUT2D eigenvalue weighted by molar-refractivity contribution is 6.69. The number of nitro groups is 2. The summed E-state index contributed by atoms with van der Waals surface area (Å²) in [6.07, 6.45) is -1.03. The summed E-state index contributed by atoms with van der Waals surface area (Å²) in [7, 11) is 0.834. The summed E-state index contributed by atoms with van der Waals surface area (Å²) in [6.45, 7) is 5.70. The number of benzene rings is 1. The van der Waals surface area contributed by atoms with Gasteiger partial charge >= 0.3 is 5.69 Å². The van der Waals surface area contributed by atoms with Crippen LogP contribution in [-0.2, 0) is 9.16 Å². The van der Waals surface area contributed by atoms with Crippen molar-refractivity contribution in [1.29, 1.82) is 0 Å². The molecule has 1 aromatic carbocycles. The fraction of sp³-hybridized carbons (Fsp3) is 0.538. The van der Waals surface area contributed by atoms with E-state index in [4.69, 9.17) is 20.8 Å². The van der Waals surface area contributed by atoms with Crippen molar-refractivity contribution < 1.29 is 19.0 Å². The van der Waals surface area contributed by atoms with E-state index in [0.717, 1.165) is 12.1 Å². The molecule has 24 heavy (non-hydrogen) atoms. The minimum absolute atomic E-state index is 0.0654. The topological polar surface area (TPSA) is 108 Å². The summed E-state index contributed by atoms with van der Waals surface area (Å²) >= 11 is 5.94. The van der Waals surface area contributed by atoms with Crippen molar-refractivity contribution in [3.8, 4) is 0 Å². The smallest absolute Gasteiger partial charge is 0.301 e. The lowest BCUT2D eigenvalue weighted by Crippen LogP contribution is -2.37. The van der Waals surface area contributed by atoms with Gasteiger partial charge in [-0.3, -0.25) is 25.1 Å². The van der Waals surface area contributed by atoms with Crippen LogP contribution >= 0.6 is 11.6 Å². The van der Waals surface area contributed by atoms with Gasteiger partial charge in [0.2, 0.25) is 0 Å². The molecule has 9 nitrogen and oxygen atoms in total. The standard InChI is InChI=1S/C13H20ClN3O6Si/c1-15(8-22-2)13(23-24(3,4)5)11-10(16(18)19)7-6-9(14)12(11)17(20)21/h6-7,13H,8H2,1-5H3. The molecule has 1 atom stereocenters. The predicted molar refractivity (Wildman–Crippen MR) is 91.6 cm³/mol. The minimum atomic E-state index is -2.21. The summed E-state index contributed by atoms with van der Waals surface area (Å²) in [5.74, 6) is 0. The lowest BCUT2D eigenvalue weighted by atomic mass is 10.1. The van der Waals surface area contributed by atoms with Gasteiger partial charge in [-0.1, -0.05) is 11.6 Å². The summed E-state index contributed by atoms with van der Waals surface area (Å²) < 4.78 is 11.0. The molecule has 0 aliphatic rings. The van der Waals surface area contributed by atoms with Crippen LogP contribution in [0.2, 0.25) is 24.7 Å². The molecule has 0 saturated carbocycles. The Hall–Kier alpha value is -1.59. The molecule has 0 saturated heterocycles. The van der Waals surface area contributed by atoms with E-state index in [1.807, 2.05) is 19.6 Å². The number of hydrogen-bond acceptors (Lipinski definition) is 7. The van der Waals surface area contributed by atoms with Gasteiger partial charge in [0.1, 0.15) is 18.0 Å². The molecule has 0 fully saturated rings. The number of rotatable bonds is 8.